The summed E-state index contributed by atoms with van der Waals surface area (Å²) in [7, 11) is 0. The predicted molar refractivity (Wildman–Crippen MR) is 127 cm³/mol. The monoisotopic (exact) mass is 472 g/mol. The Bertz CT molecular complexity index is 1300. The summed E-state index contributed by atoms with van der Waals surface area (Å²) in [5, 5.41) is 11.3. The molecule has 1 fully saturated rings. The summed E-state index contributed by atoms with van der Waals surface area (Å²) in [6.45, 7) is 3.35. The molecule has 5 rings (SSSR count). The fraction of sp³-hybridized carbons (Fsp3) is 0.222. The number of rotatable bonds is 6. The van der Waals surface area contributed by atoms with Gasteiger partial charge in [0.1, 0.15) is 24.7 Å². The topological polar surface area (TPSA) is 98.2 Å². The lowest BCUT2D eigenvalue weighted by atomic mass is 9.95. The van der Waals surface area contributed by atoms with Gasteiger partial charge in [0, 0.05) is 24.5 Å². The van der Waals surface area contributed by atoms with Crippen LogP contribution >= 0.6 is 0 Å². The molecule has 0 saturated carbocycles. The van der Waals surface area contributed by atoms with Gasteiger partial charge in [-0.1, -0.05) is 12.1 Å². The number of aliphatic hydroxyl groups excluding tert-OH is 1. The smallest absolute Gasteiger partial charge is 0.295 e. The van der Waals surface area contributed by atoms with Gasteiger partial charge in [0.05, 0.1) is 18.2 Å². The highest BCUT2D eigenvalue weighted by Crippen LogP contribution is 2.42. The number of amides is 1. The third-order valence-electron chi connectivity index (χ3n) is 5.94. The normalized spacial score (nSPS) is 18.5. The number of ether oxygens (including phenoxy) is 3. The van der Waals surface area contributed by atoms with Crippen LogP contribution in [0.1, 0.15) is 29.7 Å². The van der Waals surface area contributed by atoms with Crippen LogP contribution in [0.5, 0.6) is 17.2 Å². The standard InChI is InChI=1S/C27H24N2O6/c1-2-33-20-5-3-4-18(14-20)24-23(25(30)19-6-7-21-22(15-19)35-13-12-34-21)26(31)27(32)29(24)16-17-8-10-28-11-9-17/h3-11,14-15,24,30H,2,12-13,16H2,1H3/t24-/m0/s1. The molecule has 0 radical (unpaired) electrons. The van der Waals surface area contributed by atoms with Crippen LogP contribution in [-0.4, -0.2) is 46.5 Å². The number of fused-ring (bicyclic) bond motifs is 1. The van der Waals surface area contributed by atoms with E-state index in [-0.39, 0.29) is 17.9 Å². The molecule has 8 heteroatoms. The van der Waals surface area contributed by atoms with Crippen molar-refractivity contribution in [1.29, 1.82) is 0 Å². The van der Waals surface area contributed by atoms with Crippen LogP contribution in [0.15, 0.2) is 72.6 Å². The van der Waals surface area contributed by atoms with Crippen molar-refractivity contribution < 1.29 is 28.9 Å². The third-order valence-corrected chi connectivity index (χ3v) is 5.94. The van der Waals surface area contributed by atoms with E-state index in [0.717, 1.165) is 5.56 Å². The maximum absolute atomic E-state index is 13.3. The minimum absolute atomic E-state index is 0.00869. The molecule has 0 spiro atoms. The molecular formula is C27H24N2O6. The number of likely N-dealkylation sites (tertiary alicyclic amines) is 1. The van der Waals surface area contributed by atoms with E-state index in [9.17, 15) is 14.7 Å². The minimum Gasteiger partial charge on any atom is -0.507 e. The van der Waals surface area contributed by atoms with Gasteiger partial charge in [-0.15, -0.1) is 0 Å². The van der Waals surface area contributed by atoms with Gasteiger partial charge in [-0.3, -0.25) is 14.6 Å². The predicted octanol–water partition coefficient (Wildman–Crippen LogP) is 3.87. The Morgan fingerprint density at radius 2 is 1.83 bits per heavy atom. The van der Waals surface area contributed by atoms with Crippen LogP contribution in [0.3, 0.4) is 0 Å². The highest BCUT2D eigenvalue weighted by molar-refractivity contribution is 6.46. The van der Waals surface area contributed by atoms with Crippen molar-refractivity contribution in [2.24, 2.45) is 0 Å². The highest BCUT2D eigenvalue weighted by atomic mass is 16.6. The second-order valence-electron chi connectivity index (χ2n) is 8.15. The molecule has 1 aromatic heterocycles. The number of Topliss-reactive ketones (excluding diaryl/α,β-unsaturated/α-hetero) is 1. The Morgan fingerprint density at radius 3 is 2.60 bits per heavy atom. The molecule has 1 saturated heterocycles. The Labute approximate surface area is 202 Å². The summed E-state index contributed by atoms with van der Waals surface area (Å²) in [4.78, 5) is 32.0. The van der Waals surface area contributed by atoms with Crippen molar-refractivity contribution in [3.05, 3.63) is 89.3 Å². The highest BCUT2D eigenvalue weighted by Gasteiger charge is 2.46. The molecule has 0 unspecified atom stereocenters. The number of carbonyl (C=O) groups is 2. The average molecular weight is 472 g/mol. The lowest BCUT2D eigenvalue weighted by Gasteiger charge is -2.26. The molecule has 1 atom stereocenters. The maximum Gasteiger partial charge on any atom is 0.295 e. The fourth-order valence-corrected chi connectivity index (χ4v) is 4.36. The first-order chi connectivity index (χ1) is 17.1. The van der Waals surface area contributed by atoms with Crippen molar-refractivity contribution >= 4 is 17.4 Å². The second kappa shape index (κ2) is 9.50. The van der Waals surface area contributed by atoms with Crippen LogP contribution in [0.2, 0.25) is 0 Å². The van der Waals surface area contributed by atoms with E-state index in [4.69, 9.17) is 14.2 Å². The number of nitrogens with zero attached hydrogens (tertiary/aromatic N) is 2. The number of benzene rings is 2. The van der Waals surface area contributed by atoms with Crippen molar-refractivity contribution in [2.75, 3.05) is 19.8 Å². The van der Waals surface area contributed by atoms with Gasteiger partial charge in [0.2, 0.25) is 0 Å². The van der Waals surface area contributed by atoms with E-state index in [0.29, 0.717) is 48.2 Å². The van der Waals surface area contributed by atoms with Gasteiger partial charge in [0.25, 0.3) is 11.7 Å². The number of hydrogen-bond donors (Lipinski definition) is 1. The van der Waals surface area contributed by atoms with Crippen LogP contribution < -0.4 is 14.2 Å². The van der Waals surface area contributed by atoms with E-state index >= 15 is 0 Å². The zero-order valence-electron chi connectivity index (χ0n) is 19.1. The average Bonchev–Trinajstić information content (AvgIpc) is 3.14. The molecule has 8 nitrogen and oxygen atoms in total. The lowest BCUT2D eigenvalue weighted by molar-refractivity contribution is -0.140. The lowest BCUT2D eigenvalue weighted by Crippen LogP contribution is -2.29. The first kappa shape index (κ1) is 22.5. The van der Waals surface area contributed by atoms with Gasteiger partial charge in [-0.25, -0.2) is 0 Å². The number of carbonyl (C=O) groups excluding carboxylic acids is 2. The van der Waals surface area contributed by atoms with Crippen LogP contribution in [0, 0.1) is 0 Å². The molecule has 2 aliphatic rings. The van der Waals surface area contributed by atoms with E-state index in [2.05, 4.69) is 4.98 Å². The van der Waals surface area contributed by atoms with E-state index < -0.39 is 17.7 Å². The van der Waals surface area contributed by atoms with E-state index in [1.54, 1.807) is 54.9 Å². The van der Waals surface area contributed by atoms with Gasteiger partial charge in [-0.05, 0) is 60.5 Å². The van der Waals surface area contributed by atoms with Gasteiger partial charge < -0.3 is 24.2 Å². The SMILES string of the molecule is CCOc1cccc([C@H]2C(=C(O)c3ccc4c(c3)OCCO4)C(=O)C(=O)N2Cc2ccncc2)c1. The summed E-state index contributed by atoms with van der Waals surface area (Å²) in [5.74, 6) is -0.0673. The number of pyridine rings is 1. The Hall–Kier alpha value is -4.33. The van der Waals surface area contributed by atoms with Gasteiger partial charge in [-0.2, -0.15) is 0 Å². The molecule has 1 amide bonds. The quantitative estimate of drug-likeness (QED) is 0.330. The third kappa shape index (κ3) is 4.30. The summed E-state index contributed by atoms with van der Waals surface area (Å²) in [6.07, 6.45) is 3.26. The Morgan fingerprint density at radius 1 is 1.06 bits per heavy atom. The molecular weight excluding hydrogens is 448 g/mol. The molecule has 3 aromatic rings. The molecule has 1 N–H and O–H groups in total. The van der Waals surface area contributed by atoms with E-state index in [1.165, 1.54) is 4.90 Å². The molecule has 2 aromatic carbocycles. The van der Waals surface area contributed by atoms with Crippen molar-refractivity contribution in [1.82, 2.24) is 9.88 Å². The fourth-order valence-electron chi connectivity index (χ4n) is 4.36. The Balaban J connectivity index is 1.63. The molecule has 2 aliphatic heterocycles. The summed E-state index contributed by atoms with van der Waals surface area (Å²) in [5.41, 5.74) is 1.84. The molecule has 0 bridgehead atoms. The molecule has 178 valence electrons. The van der Waals surface area contributed by atoms with Crippen LogP contribution in [0.4, 0.5) is 0 Å². The first-order valence-corrected chi connectivity index (χ1v) is 11.4. The first-order valence-electron chi connectivity index (χ1n) is 11.4. The summed E-state index contributed by atoms with van der Waals surface area (Å²) < 4.78 is 16.8. The Kier molecular flexibility index (Phi) is 6.10. The number of aliphatic hydroxyl groups is 1. The zero-order valence-corrected chi connectivity index (χ0v) is 19.1. The van der Waals surface area contributed by atoms with Gasteiger partial charge >= 0.3 is 0 Å². The number of ketones is 1. The largest absolute Gasteiger partial charge is 0.507 e. The van der Waals surface area contributed by atoms with Crippen LogP contribution in [0.25, 0.3) is 5.76 Å². The van der Waals surface area contributed by atoms with Crippen molar-refractivity contribution in [2.45, 2.75) is 19.5 Å². The second-order valence-corrected chi connectivity index (χ2v) is 8.15. The van der Waals surface area contributed by atoms with Gasteiger partial charge in [0.15, 0.2) is 11.5 Å². The van der Waals surface area contributed by atoms with Crippen molar-refractivity contribution in [3.8, 4) is 17.2 Å². The summed E-state index contributed by atoms with van der Waals surface area (Å²) >= 11 is 0. The maximum atomic E-state index is 13.3. The molecule has 0 aliphatic carbocycles. The number of aromatic nitrogens is 1. The zero-order chi connectivity index (χ0) is 24.4. The van der Waals surface area contributed by atoms with Crippen LogP contribution in [-0.2, 0) is 16.1 Å². The number of hydrogen-bond acceptors (Lipinski definition) is 7. The van der Waals surface area contributed by atoms with E-state index in [1.807, 2.05) is 19.1 Å². The molecule has 3 heterocycles. The van der Waals surface area contributed by atoms with Crippen molar-refractivity contribution in [3.63, 3.8) is 0 Å². The summed E-state index contributed by atoms with van der Waals surface area (Å²) in [6, 6.07) is 14.9. The molecule has 35 heavy (non-hydrogen) atoms. The minimum atomic E-state index is -0.809.